The standard InChI is InChI=1S/C21H32NO2/c1-8-19(24-20(23)17(4)5)22(6,7)21(9-2,10-3)16-18-14-12-11-13-15-18/h9,11-15,19H,2,4,8,10,16H2,1,3,5-7H3/q+1. The number of nitrogens with zero attached hydrogens (tertiary/aromatic N) is 1. The molecule has 0 spiro atoms. The molecule has 3 nitrogen and oxygen atoms in total. The van der Waals surface area contributed by atoms with Crippen LogP contribution in [0.15, 0.2) is 55.1 Å². The van der Waals surface area contributed by atoms with Crippen LogP contribution in [-0.2, 0) is 16.0 Å². The fourth-order valence-electron chi connectivity index (χ4n) is 3.32. The summed E-state index contributed by atoms with van der Waals surface area (Å²) in [6.45, 7) is 13.7. The van der Waals surface area contributed by atoms with E-state index in [-0.39, 0.29) is 17.7 Å². The van der Waals surface area contributed by atoms with Crippen molar-refractivity contribution in [1.82, 2.24) is 0 Å². The third-order valence-corrected chi connectivity index (χ3v) is 5.15. The van der Waals surface area contributed by atoms with Crippen LogP contribution in [0.2, 0.25) is 0 Å². The van der Waals surface area contributed by atoms with Gasteiger partial charge in [0, 0.05) is 24.8 Å². The molecule has 0 radical (unpaired) electrons. The largest absolute Gasteiger partial charge is 0.409 e. The first-order valence-electron chi connectivity index (χ1n) is 8.61. The Balaban J connectivity index is 3.20. The molecule has 0 bridgehead atoms. The normalized spacial score (nSPS) is 15.2. The highest BCUT2D eigenvalue weighted by Gasteiger charge is 2.47. The van der Waals surface area contributed by atoms with Gasteiger partial charge in [-0.25, -0.2) is 4.79 Å². The second kappa shape index (κ2) is 8.29. The molecule has 0 amide bonds. The van der Waals surface area contributed by atoms with E-state index in [1.165, 1.54) is 5.56 Å². The molecule has 0 saturated heterocycles. The zero-order valence-corrected chi connectivity index (χ0v) is 15.8. The highest BCUT2D eigenvalue weighted by Crippen LogP contribution is 2.34. The number of carbonyl (C=O) groups is 1. The first kappa shape index (κ1) is 20.2. The van der Waals surface area contributed by atoms with Gasteiger partial charge in [-0.3, -0.25) is 4.48 Å². The highest BCUT2D eigenvalue weighted by molar-refractivity contribution is 5.87. The average Bonchev–Trinajstić information content (AvgIpc) is 2.57. The Morgan fingerprint density at radius 1 is 1.29 bits per heavy atom. The lowest BCUT2D eigenvalue weighted by Gasteiger charge is -2.50. The van der Waals surface area contributed by atoms with Crippen molar-refractivity contribution in [2.45, 2.75) is 51.8 Å². The Hall–Kier alpha value is -1.87. The zero-order chi connectivity index (χ0) is 18.4. The molecule has 0 N–H and O–H groups in total. The number of quaternary nitrogens is 1. The molecule has 3 heteroatoms. The van der Waals surface area contributed by atoms with E-state index >= 15 is 0 Å². The molecule has 2 unspecified atom stereocenters. The number of esters is 1. The van der Waals surface area contributed by atoms with Gasteiger partial charge in [0.2, 0.25) is 6.23 Å². The van der Waals surface area contributed by atoms with Crippen molar-refractivity contribution in [2.75, 3.05) is 14.1 Å². The van der Waals surface area contributed by atoms with Gasteiger partial charge in [-0.2, -0.15) is 0 Å². The second-order valence-electron chi connectivity index (χ2n) is 6.91. The molecule has 1 rings (SSSR count). The molecule has 0 saturated carbocycles. The Bertz CT molecular complexity index is 577. The predicted molar refractivity (Wildman–Crippen MR) is 100 cm³/mol. The Kier molecular flexibility index (Phi) is 6.97. The molecule has 0 fully saturated rings. The molecule has 0 aliphatic carbocycles. The van der Waals surface area contributed by atoms with Crippen molar-refractivity contribution < 1.29 is 14.0 Å². The van der Waals surface area contributed by atoms with E-state index in [4.69, 9.17) is 4.74 Å². The van der Waals surface area contributed by atoms with Gasteiger partial charge in [-0.15, -0.1) is 0 Å². The van der Waals surface area contributed by atoms with E-state index in [2.05, 4.69) is 58.4 Å². The van der Waals surface area contributed by atoms with Gasteiger partial charge < -0.3 is 4.74 Å². The van der Waals surface area contributed by atoms with Crippen molar-refractivity contribution in [1.29, 1.82) is 0 Å². The monoisotopic (exact) mass is 330 g/mol. The van der Waals surface area contributed by atoms with E-state index < -0.39 is 0 Å². The fourth-order valence-corrected chi connectivity index (χ4v) is 3.32. The van der Waals surface area contributed by atoms with Gasteiger partial charge >= 0.3 is 5.97 Å². The van der Waals surface area contributed by atoms with Gasteiger partial charge in [-0.1, -0.05) is 57.3 Å². The maximum absolute atomic E-state index is 12.1. The molecule has 0 aliphatic heterocycles. The number of benzene rings is 1. The molecular formula is C21H32NO2+. The maximum Gasteiger partial charge on any atom is 0.337 e. The zero-order valence-electron chi connectivity index (χ0n) is 15.8. The lowest BCUT2D eigenvalue weighted by atomic mass is 9.84. The molecule has 24 heavy (non-hydrogen) atoms. The van der Waals surface area contributed by atoms with Crippen LogP contribution in [-0.4, -0.2) is 36.3 Å². The van der Waals surface area contributed by atoms with Crippen LogP contribution < -0.4 is 0 Å². The van der Waals surface area contributed by atoms with Crippen LogP contribution in [0.5, 0.6) is 0 Å². The van der Waals surface area contributed by atoms with Crippen molar-refractivity contribution >= 4 is 5.97 Å². The van der Waals surface area contributed by atoms with E-state index in [1.807, 2.05) is 19.1 Å². The third kappa shape index (κ3) is 4.15. The van der Waals surface area contributed by atoms with Crippen LogP contribution in [0.25, 0.3) is 0 Å². The number of carbonyl (C=O) groups excluding carboxylic acids is 1. The molecule has 132 valence electrons. The predicted octanol–water partition coefficient (Wildman–Crippen LogP) is 4.50. The quantitative estimate of drug-likeness (QED) is 0.219. The summed E-state index contributed by atoms with van der Waals surface area (Å²) in [6.07, 6.45) is 4.26. The molecule has 0 heterocycles. The van der Waals surface area contributed by atoms with Gasteiger partial charge in [0.25, 0.3) is 0 Å². The summed E-state index contributed by atoms with van der Waals surface area (Å²) in [5.41, 5.74) is 1.46. The number of hydrogen-bond donors (Lipinski definition) is 0. The first-order valence-corrected chi connectivity index (χ1v) is 8.61. The van der Waals surface area contributed by atoms with Crippen LogP contribution >= 0.6 is 0 Å². The summed E-state index contributed by atoms with van der Waals surface area (Å²) in [6, 6.07) is 10.4. The molecule has 2 atom stereocenters. The molecule has 0 aromatic heterocycles. The third-order valence-electron chi connectivity index (χ3n) is 5.15. The Labute approximate surface area is 147 Å². The van der Waals surface area contributed by atoms with Gasteiger partial charge in [0.05, 0.1) is 14.1 Å². The van der Waals surface area contributed by atoms with Crippen molar-refractivity contribution in [3.8, 4) is 0 Å². The lowest BCUT2D eigenvalue weighted by molar-refractivity contribution is -0.975. The van der Waals surface area contributed by atoms with Gasteiger partial charge in [0.1, 0.15) is 5.54 Å². The minimum atomic E-state index is -0.332. The Morgan fingerprint density at radius 3 is 2.29 bits per heavy atom. The fraction of sp³-hybridized carbons (Fsp3) is 0.476. The summed E-state index contributed by atoms with van der Waals surface area (Å²) in [4.78, 5) is 12.1. The summed E-state index contributed by atoms with van der Waals surface area (Å²) in [5.74, 6) is -0.332. The van der Waals surface area contributed by atoms with Crippen molar-refractivity contribution in [3.05, 3.63) is 60.7 Å². The van der Waals surface area contributed by atoms with Crippen LogP contribution in [0.4, 0.5) is 0 Å². The molecule has 1 aromatic rings. The first-order chi connectivity index (χ1) is 11.2. The molecule has 1 aromatic carbocycles. The van der Waals surface area contributed by atoms with Crippen LogP contribution in [0.1, 0.15) is 39.2 Å². The topological polar surface area (TPSA) is 26.3 Å². The van der Waals surface area contributed by atoms with E-state index in [1.54, 1.807) is 6.92 Å². The number of hydrogen-bond acceptors (Lipinski definition) is 2. The Morgan fingerprint density at radius 2 is 1.88 bits per heavy atom. The highest BCUT2D eigenvalue weighted by atomic mass is 16.6. The summed E-state index contributed by atoms with van der Waals surface area (Å²) in [5, 5.41) is 0. The van der Waals surface area contributed by atoms with E-state index in [0.717, 1.165) is 19.3 Å². The number of ether oxygens (including phenoxy) is 1. The molecule has 0 aliphatic rings. The van der Waals surface area contributed by atoms with Gasteiger partial charge in [0.15, 0.2) is 0 Å². The number of likely N-dealkylation sites (N-methyl/N-ethyl adjacent to an activating group) is 1. The smallest absolute Gasteiger partial charge is 0.337 e. The summed E-state index contributed by atoms with van der Waals surface area (Å²) < 4.78 is 6.30. The maximum atomic E-state index is 12.1. The van der Waals surface area contributed by atoms with E-state index in [0.29, 0.717) is 10.1 Å². The lowest BCUT2D eigenvalue weighted by Crippen LogP contribution is -2.65. The van der Waals surface area contributed by atoms with Crippen LogP contribution in [0, 0.1) is 0 Å². The minimum Gasteiger partial charge on any atom is -0.409 e. The van der Waals surface area contributed by atoms with Crippen molar-refractivity contribution in [3.63, 3.8) is 0 Å². The second-order valence-corrected chi connectivity index (χ2v) is 6.91. The number of rotatable bonds is 9. The van der Waals surface area contributed by atoms with Crippen molar-refractivity contribution in [2.24, 2.45) is 0 Å². The van der Waals surface area contributed by atoms with Crippen LogP contribution in [0.3, 0.4) is 0 Å². The minimum absolute atomic E-state index is 0.225. The SMILES string of the molecule is C=CC(CC)(Cc1ccccc1)[N+](C)(C)C(CC)OC(=O)C(=C)C. The summed E-state index contributed by atoms with van der Waals surface area (Å²) in [7, 11) is 4.24. The van der Waals surface area contributed by atoms with Gasteiger partial charge in [-0.05, 0) is 18.6 Å². The summed E-state index contributed by atoms with van der Waals surface area (Å²) >= 11 is 0. The molecular weight excluding hydrogens is 298 g/mol. The van der Waals surface area contributed by atoms with E-state index in [9.17, 15) is 4.79 Å². The average molecular weight is 330 g/mol.